The van der Waals surface area contributed by atoms with Gasteiger partial charge in [-0.25, -0.2) is 4.79 Å². The van der Waals surface area contributed by atoms with Crippen molar-refractivity contribution in [1.82, 2.24) is 0 Å². The summed E-state index contributed by atoms with van der Waals surface area (Å²) in [7, 11) is 1.49. The molecule has 0 bridgehead atoms. The number of hydrogen-bond acceptors (Lipinski definition) is 5. The van der Waals surface area contributed by atoms with Gasteiger partial charge in [-0.2, -0.15) is 0 Å². The van der Waals surface area contributed by atoms with Crippen LogP contribution in [0.2, 0.25) is 0 Å². The van der Waals surface area contributed by atoms with Crippen LogP contribution in [-0.4, -0.2) is 37.9 Å². The number of ketones is 1. The van der Waals surface area contributed by atoms with Crippen molar-refractivity contribution in [3.8, 4) is 5.75 Å². The van der Waals surface area contributed by atoms with E-state index in [0.29, 0.717) is 24.3 Å². The molecule has 6 heteroatoms. The van der Waals surface area contributed by atoms with Crippen LogP contribution in [0, 0.1) is 0 Å². The summed E-state index contributed by atoms with van der Waals surface area (Å²) in [5.41, 5.74) is 1.93. The number of rotatable bonds is 6. The third kappa shape index (κ3) is 3.59. The Labute approximate surface area is 151 Å². The van der Waals surface area contributed by atoms with Crippen molar-refractivity contribution in [2.75, 3.05) is 25.2 Å². The molecule has 1 amide bonds. The zero-order chi connectivity index (χ0) is 18.5. The monoisotopic (exact) mass is 353 g/mol. The molecule has 0 atom stereocenters. The zero-order valence-corrected chi connectivity index (χ0v) is 14.4. The topological polar surface area (TPSA) is 72.9 Å². The standard InChI is InChI=1S/C20H19NO5/c1-25-18-10-5-3-8-15(18)20(24)26-12-6-11-21-16-9-4-2-7-14(16)13-17(22)19(21)23/h2-5,7-10H,6,11-13H2,1H3. The van der Waals surface area contributed by atoms with Crippen molar-refractivity contribution in [2.45, 2.75) is 12.8 Å². The normalized spacial score (nSPS) is 13.3. The smallest absolute Gasteiger partial charge is 0.341 e. The first-order valence-electron chi connectivity index (χ1n) is 8.34. The van der Waals surface area contributed by atoms with Gasteiger partial charge >= 0.3 is 5.97 Å². The second kappa shape index (κ2) is 7.82. The maximum atomic E-state index is 12.2. The van der Waals surface area contributed by atoms with E-state index in [1.165, 1.54) is 12.0 Å². The molecule has 26 heavy (non-hydrogen) atoms. The molecule has 134 valence electrons. The van der Waals surface area contributed by atoms with Gasteiger partial charge in [-0.05, 0) is 30.2 Å². The number of ether oxygens (including phenoxy) is 2. The lowest BCUT2D eigenvalue weighted by Gasteiger charge is -2.28. The number of esters is 1. The number of benzene rings is 2. The van der Waals surface area contributed by atoms with Crippen molar-refractivity contribution in [3.05, 3.63) is 59.7 Å². The number of amides is 1. The molecule has 0 unspecified atom stereocenters. The highest BCUT2D eigenvalue weighted by molar-refractivity contribution is 6.43. The molecule has 0 saturated carbocycles. The average Bonchev–Trinajstić information content (AvgIpc) is 2.67. The fraction of sp³-hybridized carbons (Fsp3) is 0.250. The quantitative estimate of drug-likeness (QED) is 0.453. The van der Waals surface area contributed by atoms with Crippen molar-refractivity contribution in [1.29, 1.82) is 0 Å². The average molecular weight is 353 g/mol. The van der Waals surface area contributed by atoms with Gasteiger partial charge < -0.3 is 14.4 Å². The number of para-hydroxylation sites is 2. The second-order valence-electron chi connectivity index (χ2n) is 5.88. The van der Waals surface area contributed by atoms with Crippen molar-refractivity contribution in [3.63, 3.8) is 0 Å². The Balaban J connectivity index is 1.59. The first kappa shape index (κ1) is 17.7. The number of methoxy groups -OCH3 is 1. The van der Waals surface area contributed by atoms with Crippen LogP contribution in [0.15, 0.2) is 48.5 Å². The van der Waals surface area contributed by atoms with Gasteiger partial charge in [-0.15, -0.1) is 0 Å². The van der Waals surface area contributed by atoms with Gasteiger partial charge in [0.15, 0.2) is 0 Å². The van der Waals surface area contributed by atoms with Crippen molar-refractivity contribution < 1.29 is 23.9 Å². The van der Waals surface area contributed by atoms with E-state index in [1.807, 2.05) is 24.3 Å². The minimum absolute atomic E-state index is 0.133. The summed E-state index contributed by atoms with van der Waals surface area (Å²) in [6.07, 6.45) is 0.558. The number of carbonyl (C=O) groups excluding carboxylic acids is 3. The molecule has 1 aliphatic rings. The second-order valence-corrected chi connectivity index (χ2v) is 5.88. The molecule has 0 aliphatic carbocycles. The van der Waals surface area contributed by atoms with Gasteiger partial charge in [-0.1, -0.05) is 30.3 Å². The van der Waals surface area contributed by atoms with Crippen molar-refractivity contribution in [2.24, 2.45) is 0 Å². The summed E-state index contributed by atoms with van der Waals surface area (Å²) < 4.78 is 10.4. The Hall–Kier alpha value is -3.15. The third-order valence-electron chi connectivity index (χ3n) is 4.20. The van der Waals surface area contributed by atoms with Gasteiger partial charge in [0.25, 0.3) is 5.91 Å². The molecule has 6 nitrogen and oxygen atoms in total. The Morgan fingerprint density at radius 1 is 1.08 bits per heavy atom. The molecule has 0 saturated heterocycles. The number of hydrogen-bond donors (Lipinski definition) is 0. The van der Waals surface area contributed by atoms with Gasteiger partial charge in [0, 0.05) is 18.7 Å². The molecule has 2 aromatic carbocycles. The van der Waals surface area contributed by atoms with Crippen LogP contribution in [0.1, 0.15) is 22.3 Å². The van der Waals surface area contributed by atoms with Gasteiger partial charge in [0.2, 0.25) is 5.78 Å². The molecule has 1 heterocycles. The molecule has 0 N–H and O–H groups in total. The summed E-state index contributed by atoms with van der Waals surface area (Å²) in [6.45, 7) is 0.442. The first-order valence-corrected chi connectivity index (χ1v) is 8.34. The van der Waals surface area contributed by atoms with E-state index in [1.54, 1.807) is 24.3 Å². The van der Waals surface area contributed by atoms with E-state index in [4.69, 9.17) is 9.47 Å². The Morgan fingerprint density at radius 3 is 2.62 bits per heavy atom. The predicted molar refractivity (Wildman–Crippen MR) is 95.4 cm³/mol. The Bertz CT molecular complexity index is 846. The largest absolute Gasteiger partial charge is 0.496 e. The highest BCUT2D eigenvalue weighted by Gasteiger charge is 2.30. The fourth-order valence-electron chi connectivity index (χ4n) is 2.93. The SMILES string of the molecule is COc1ccccc1C(=O)OCCCN1C(=O)C(=O)Cc2ccccc21. The van der Waals surface area contributed by atoms with Crippen LogP contribution in [0.3, 0.4) is 0 Å². The number of nitrogens with zero attached hydrogens (tertiary/aromatic N) is 1. The number of Topliss-reactive ketones (excluding diaryl/α,β-unsaturated/α-hetero) is 1. The number of fused-ring (bicyclic) bond motifs is 1. The summed E-state index contributed by atoms with van der Waals surface area (Å²) >= 11 is 0. The lowest BCUT2D eigenvalue weighted by atomic mass is 10.00. The molecular formula is C20H19NO5. The highest BCUT2D eigenvalue weighted by Crippen LogP contribution is 2.26. The highest BCUT2D eigenvalue weighted by atomic mass is 16.5. The third-order valence-corrected chi connectivity index (χ3v) is 4.20. The van der Waals surface area contributed by atoms with E-state index in [2.05, 4.69) is 0 Å². The Morgan fingerprint density at radius 2 is 1.81 bits per heavy atom. The first-order chi connectivity index (χ1) is 12.6. The predicted octanol–water partition coefficient (Wildman–Crippen LogP) is 2.40. The van der Waals surface area contributed by atoms with Crippen LogP contribution in [0.4, 0.5) is 5.69 Å². The van der Waals surface area contributed by atoms with Crippen LogP contribution >= 0.6 is 0 Å². The summed E-state index contributed by atoms with van der Waals surface area (Å²) in [6, 6.07) is 14.1. The van der Waals surface area contributed by atoms with Gasteiger partial charge in [-0.3, -0.25) is 9.59 Å². The van der Waals surface area contributed by atoms with Crippen LogP contribution in [-0.2, 0) is 20.7 Å². The molecular weight excluding hydrogens is 334 g/mol. The lowest BCUT2D eigenvalue weighted by Crippen LogP contribution is -2.42. The molecule has 3 rings (SSSR count). The van der Waals surface area contributed by atoms with Gasteiger partial charge in [0.05, 0.1) is 13.7 Å². The van der Waals surface area contributed by atoms with E-state index >= 15 is 0 Å². The zero-order valence-electron chi connectivity index (χ0n) is 14.4. The maximum Gasteiger partial charge on any atom is 0.341 e. The number of anilines is 1. The molecule has 0 fully saturated rings. The Kier molecular flexibility index (Phi) is 5.31. The maximum absolute atomic E-state index is 12.2. The molecule has 2 aromatic rings. The van der Waals surface area contributed by atoms with Crippen LogP contribution < -0.4 is 9.64 Å². The molecule has 0 aromatic heterocycles. The lowest BCUT2D eigenvalue weighted by molar-refractivity contribution is -0.136. The summed E-state index contributed by atoms with van der Waals surface area (Å²) in [5, 5.41) is 0. The molecule has 0 spiro atoms. The minimum atomic E-state index is -0.514. The minimum Gasteiger partial charge on any atom is -0.496 e. The molecule has 1 aliphatic heterocycles. The molecule has 0 radical (unpaired) electrons. The summed E-state index contributed by atoms with van der Waals surface area (Å²) in [4.78, 5) is 37.7. The van der Waals surface area contributed by atoms with Crippen molar-refractivity contribution >= 4 is 23.3 Å². The fourth-order valence-corrected chi connectivity index (χ4v) is 2.93. The van der Waals surface area contributed by atoms with Gasteiger partial charge in [0.1, 0.15) is 11.3 Å². The van der Waals surface area contributed by atoms with E-state index in [-0.39, 0.29) is 13.0 Å². The number of carbonyl (C=O) groups is 3. The van der Waals surface area contributed by atoms with E-state index < -0.39 is 17.7 Å². The van der Waals surface area contributed by atoms with Crippen LogP contribution in [0.5, 0.6) is 5.75 Å². The van der Waals surface area contributed by atoms with E-state index in [0.717, 1.165) is 11.3 Å². The van der Waals surface area contributed by atoms with Crippen LogP contribution in [0.25, 0.3) is 0 Å². The summed E-state index contributed by atoms with van der Waals surface area (Å²) in [5.74, 6) is -0.971. The van der Waals surface area contributed by atoms with E-state index in [9.17, 15) is 14.4 Å².